The molecule has 15 heavy (non-hydrogen) atoms. The molecule has 0 heterocycles. The fourth-order valence-electron chi connectivity index (χ4n) is 0.605. The molecule has 0 aliphatic rings. The smallest absolute Gasteiger partial charge is 0.383 e. The minimum absolute atomic E-state index is 0.0286. The van der Waals surface area contributed by atoms with E-state index >= 15 is 0 Å². The molecule has 0 aliphatic carbocycles. The van der Waals surface area contributed by atoms with Crippen LogP contribution in [-0.4, -0.2) is 27.8 Å². The first-order chi connectivity index (χ1) is 6.52. The average molecular weight is 242 g/mol. The third-order valence-electron chi connectivity index (χ3n) is 2.04. The van der Waals surface area contributed by atoms with Crippen LogP contribution in [0.3, 0.4) is 0 Å². The quantitative estimate of drug-likeness (QED) is 0.423. The van der Waals surface area contributed by atoms with Gasteiger partial charge in [-0.2, -0.15) is 0 Å². The van der Waals surface area contributed by atoms with Crippen LogP contribution in [0.4, 0.5) is 0 Å². The Kier molecular flexibility index (Phi) is 4.82. The van der Waals surface area contributed by atoms with Crippen molar-refractivity contribution in [3.63, 3.8) is 0 Å². The van der Waals surface area contributed by atoms with Gasteiger partial charge < -0.3 is 4.74 Å². The van der Waals surface area contributed by atoms with E-state index < -0.39 is 16.1 Å². The lowest BCUT2D eigenvalue weighted by Gasteiger charge is -2.23. The maximum Gasteiger partial charge on any atom is 0.383 e. The number of carbonyl (C=O) groups is 1. The summed E-state index contributed by atoms with van der Waals surface area (Å²) in [6.07, 6.45) is 0. The van der Waals surface area contributed by atoms with Crippen molar-refractivity contribution in [2.75, 3.05) is 0 Å². The molecule has 0 aromatic rings. The summed E-state index contributed by atoms with van der Waals surface area (Å²) in [6, 6.07) is 0. The number of ether oxygens (including phenoxy) is 1. The maximum absolute atomic E-state index is 11.4. The Morgan fingerprint density at radius 1 is 1.13 bits per heavy atom. The second-order valence-corrected chi connectivity index (χ2v) is 16.2. The first-order valence-electron chi connectivity index (χ1n) is 5.26. The Bertz CT molecular complexity index is 286. The minimum atomic E-state index is -1.47. The van der Waals surface area contributed by atoms with E-state index in [1.165, 1.54) is 0 Å². The van der Waals surface area contributed by atoms with Gasteiger partial charge in [0.15, 0.2) is 0 Å². The fraction of sp³-hybridized carbons (Fsp3) is 0.727. The van der Waals surface area contributed by atoms with Crippen LogP contribution in [0, 0.1) is 11.5 Å². The minimum Gasteiger partial charge on any atom is -0.457 e. The summed E-state index contributed by atoms with van der Waals surface area (Å²) in [7, 11) is -2.87. The van der Waals surface area contributed by atoms with Crippen molar-refractivity contribution in [3.05, 3.63) is 0 Å². The predicted molar refractivity (Wildman–Crippen MR) is 70.0 cm³/mol. The number of hydrogen-bond acceptors (Lipinski definition) is 2. The molecule has 0 saturated heterocycles. The van der Waals surface area contributed by atoms with Crippen molar-refractivity contribution in [3.8, 4) is 11.5 Å². The first kappa shape index (κ1) is 14.5. The standard InChI is InChI=1S/C11H22O2Si2/c1-10(15(5,6)7)13-11(12)8-9-14(2,3)4/h10H,1-7H3. The Labute approximate surface area is 95.4 Å². The van der Waals surface area contributed by atoms with E-state index in [9.17, 15) is 4.79 Å². The van der Waals surface area contributed by atoms with Gasteiger partial charge in [-0.1, -0.05) is 39.3 Å². The van der Waals surface area contributed by atoms with E-state index in [2.05, 4.69) is 50.7 Å². The number of rotatable bonds is 2. The SMILES string of the molecule is CC(OC(=O)C#C[Si](C)(C)C)[Si](C)(C)C. The second-order valence-electron chi connectivity index (χ2n) is 5.91. The van der Waals surface area contributed by atoms with E-state index in [-0.39, 0.29) is 11.7 Å². The van der Waals surface area contributed by atoms with Gasteiger partial charge in [0.25, 0.3) is 0 Å². The lowest BCUT2D eigenvalue weighted by Crippen LogP contribution is -2.39. The molecule has 1 atom stereocenters. The lowest BCUT2D eigenvalue weighted by molar-refractivity contribution is -0.138. The average Bonchev–Trinajstić information content (AvgIpc) is 1.97. The van der Waals surface area contributed by atoms with Gasteiger partial charge >= 0.3 is 5.97 Å². The molecular formula is C11H22O2Si2. The summed E-state index contributed by atoms with van der Waals surface area (Å²) in [6.45, 7) is 14.8. The van der Waals surface area contributed by atoms with Gasteiger partial charge in [-0.25, -0.2) is 4.79 Å². The van der Waals surface area contributed by atoms with Crippen molar-refractivity contribution >= 4 is 22.1 Å². The highest BCUT2D eigenvalue weighted by molar-refractivity contribution is 6.84. The van der Waals surface area contributed by atoms with Gasteiger partial charge in [-0.3, -0.25) is 0 Å². The molecule has 0 aromatic carbocycles. The van der Waals surface area contributed by atoms with E-state index in [4.69, 9.17) is 4.74 Å². The van der Waals surface area contributed by atoms with Crippen LogP contribution in [-0.2, 0) is 9.53 Å². The van der Waals surface area contributed by atoms with Crippen LogP contribution in [0.2, 0.25) is 39.3 Å². The summed E-state index contributed by atoms with van der Waals surface area (Å²) >= 11 is 0. The Morgan fingerprint density at radius 3 is 1.93 bits per heavy atom. The van der Waals surface area contributed by atoms with Crippen LogP contribution in [0.25, 0.3) is 0 Å². The molecule has 0 rings (SSSR count). The highest BCUT2D eigenvalue weighted by Gasteiger charge is 2.25. The molecule has 0 aliphatic heterocycles. The van der Waals surface area contributed by atoms with E-state index in [1.54, 1.807) is 0 Å². The zero-order valence-corrected chi connectivity index (χ0v) is 12.9. The number of esters is 1. The molecule has 2 nitrogen and oxygen atoms in total. The zero-order valence-electron chi connectivity index (χ0n) is 10.9. The fourth-order valence-corrected chi connectivity index (χ4v) is 1.54. The van der Waals surface area contributed by atoms with Crippen LogP contribution in [0.5, 0.6) is 0 Å². The molecule has 86 valence electrons. The first-order valence-corrected chi connectivity index (χ1v) is 12.3. The van der Waals surface area contributed by atoms with Gasteiger partial charge in [0, 0.05) is 5.92 Å². The zero-order chi connectivity index (χ0) is 12.3. The third-order valence-corrected chi connectivity index (χ3v) is 5.47. The largest absolute Gasteiger partial charge is 0.457 e. The van der Waals surface area contributed by atoms with Crippen molar-refractivity contribution in [2.24, 2.45) is 0 Å². The lowest BCUT2D eigenvalue weighted by atomic mass is 10.7. The van der Waals surface area contributed by atoms with Gasteiger partial charge in [-0.05, 0) is 6.92 Å². The van der Waals surface area contributed by atoms with Gasteiger partial charge in [0.1, 0.15) is 8.07 Å². The predicted octanol–water partition coefficient (Wildman–Crippen LogP) is 2.68. The second kappa shape index (κ2) is 4.99. The monoisotopic (exact) mass is 242 g/mol. The normalized spacial score (nSPS) is 13.8. The molecular weight excluding hydrogens is 220 g/mol. The van der Waals surface area contributed by atoms with Gasteiger partial charge in [-0.15, -0.1) is 5.54 Å². The summed E-state index contributed by atoms with van der Waals surface area (Å²) in [5.74, 6) is 2.23. The number of carbonyl (C=O) groups excluding carboxylic acids is 1. The molecule has 1 unspecified atom stereocenters. The van der Waals surface area contributed by atoms with E-state index in [1.807, 2.05) is 6.92 Å². The van der Waals surface area contributed by atoms with E-state index in [0.29, 0.717) is 0 Å². The summed E-state index contributed by atoms with van der Waals surface area (Å²) in [4.78, 5) is 11.4. The Morgan fingerprint density at radius 2 is 1.60 bits per heavy atom. The molecule has 0 amide bonds. The van der Waals surface area contributed by atoms with Crippen LogP contribution >= 0.6 is 0 Å². The van der Waals surface area contributed by atoms with Crippen LogP contribution in [0.1, 0.15) is 6.92 Å². The van der Waals surface area contributed by atoms with Crippen molar-refractivity contribution in [1.82, 2.24) is 0 Å². The van der Waals surface area contributed by atoms with Gasteiger partial charge in [0.2, 0.25) is 0 Å². The summed E-state index contributed by atoms with van der Waals surface area (Å²) in [5, 5.41) is 0. The molecule has 4 heteroatoms. The summed E-state index contributed by atoms with van der Waals surface area (Å²) < 4.78 is 5.28. The Hall–Kier alpha value is -0.536. The maximum atomic E-state index is 11.4. The summed E-state index contributed by atoms with van der Waals surface area (Å²) in [5.41, 5.74) is 3.04. The molecule has 0 spiro atoms. The van der Waals surface area contributed by atoms with Crippen molar-refractivity contribution in [1.29, 1.82) is 0 Å². The Balaban J connectivity index is 4.33. The molecule has 0 aromatic heterocycles. The van der Waals surface area contributed by atoms with Crippen LogP contribution in [0.15, 0.2) is 0 Å². The molecule has 0 radical (unpaired) electrons. The molecule has 0 N–H and O–H groups in total. The molecule has 0 saturated carbocycles. The van der Waals surface area contributed by atoms with Crippen molar-refractivity contribution in [2.45, 2.75) is 51.9 Å². The van der Waals surface area contributed by atoms with Crippen molar-refractivity contribution < 1.29 is 9.53 Å². The third kappa shape index (κ3) is 7.40. The molecule has 0 bridgehead atoms. The van der Waals surface area contributed by atoms with E-state index in [0.717, 1.165) is 0 Å². The topological polar surface area (TPSA) is 26.3 Å². The van der Waals surface area contributed by atoms with Crippen LogP contribution < -0.4 is 0 Å². The number of hydrogen-bond donors (Lipinski definition) is 0. The molecule has 0 fully saturated rings. The highest BCUT2D eigenvalue weighted by Crippen LogP contribution is 2.10. The van der Waals surface area contributed by atoms with Gasteiger partial charge in [0.05, 0.1) is 13.8 Å². The highest BCUT2D eigenvalue weighted by atomic mass is 28.3.